The Morgan fingerprint density at radius 2 is 1.67 bits per heavy atom. The monoisotopic (exact) mass is 727 g/mol. The van der Waals surface area contributed by atoms with Crippen molar-refractivity contribution in [1.29, 1.82) is 0 Å². The third-order valence-electron chi connectivity index (χ3n) is 12.8. The van der Waals surface area contributed by atoms with Gasteiger partial charge < -0.3 is 24.5 Å². The normalized spacial score (nSPS) is 26.3. The largest absolute Gasteiger partial charge is 0.508 e. The molecule has 3 saturated heterocycles. The van der Waals surface area contributed by atoms with Crippen LogP contribution in [0, 0.1) is 11.8 Å². The highest BCUT2D eigenvalue weighted by Gasteiger charge is 2.40. The van der Waals surface area contributed by atoms with Crippen molar-refractivity contribution in [3.05, 3.63) is 113 Å². The number of carbonyl (C=O) groups excluding carboxylic acids is 3. The summed E-state index contributed by atoms with van der Waals surface area (Å²) in [6.45, 7) is 8.26. The number of phenols is 1. The van der Waals surface area contributed by atoms with Crippen LogP contribution in [-0.2, 0) is 16.1 Å². The van der Waals surface area contributed by atoms with Gasteiger partial charge in [0.1, 0.15) is 17.5 Å². The van der Waals surface area contributed by atoms with Crippen LogP contribution in [0.1, 0.15) is 71.0 Å². The number of piperazine rings is 1. The van der Waals surface area contributed by atoms with Gasteiger partial charge >= 0.3 is 0 Å². The van der Waals surface area contributed by atoms with E-state index >= 15 is 0 Å². The second-order valence-corrected chi connectivity index (χ2v) is 15.9. The van der Waals surface area contributed by atoms with Crippen molar-refractivity contribution in [2.75, 3.05) is 57.3 Å². The number of hydrogen-bond donors (Lipinski definition) is 2. The lowest BCUT2D eigenvalue weighted by molar-refractivity contribution is -0.136. The zero-order valence-electron chi connectivity index (χ0n) is 30.7. The smallest absolute Gasteiger partial charge is 0.255 e. The van der Waals surface area contributed by atoms with E-state index < -0.39 is 6.04 Å². The molecule has 1 aliphatic carbocycles. The summed E-state index contributed by atoms with van der Waals surface area (Å²) in [5.41, 5.74) is 6.59. The van der Waals surface area contributed by atoms with Crippen LogP contribution in [0.4, 0.5) is 5.69 Å². The first-order valence-electron chi connectivity index (χ1n) is 19.8. The standard InChI is InChI=1S/C44H49N5O5/c50-35-11-13-37-40(25-35)54-28-38(30-4-2-1-3-5-30)42(37)31-6-8-33(9-7-31)47-18-16-29(17-19-47)26-46-20-22-48(23-21-46)34-10-12-36-32(24-34)27-49(44(36)53)39-14-15-41(51)45-43(39)52/h1-6,8-13,24-25,29,31,38-39,42,50H,7,14-23,26-28H2,(H,45,51,52)/t31?,38-,39+,42-/m1/s1. The second kappa shape index (κ2) is 14.6. The molecule has 0 aromatic heterocycles. The van der Waals surface area contributed by atoms with Crippen molar-refractivity contribution in [1.82, 2.24) is 20.0 Å². The Morgan fingerprint density at radius 3 is 2.43 bits per heavy atom. The fourth-order valence-corrected chi connectivity index (χ4v) is 9.77. The van der Waals surface area contributed by atoms with Gasteiger partial charge in [-0.25, -0.2) is 0 Å². The second-order valence-electron chi connectivity index (χ2n) is 15.9. The van der Waals surface area contributed by atoms with Crippen molar-refractivity contribution >= 4 is 23.4 Å². The number of benzene rings is 3. The number of ether oxygens (including phenoxy) is 1. The number of rotatable bonds is 7. The maximum Gasteiger partial charge on any atom is 0.255 e. The zero-order chi connectivity index (χ0) is 36.8. The summed E-state index contributed by atoms with van der Waals surface area (Å²) < 4.78 is 6.20. The average Bonchev–Trinajstić information content (AvgIpc) is 3.53. The number of likely N-dealkylation sites (tertiary alicyclic amines) is 1. The quantitative estimate of drug-likeness (QED) is 0.312. The third kappa shape index (κ3) is 6.76. The predicted molar refractivity (Wildman–Crippen MR) is 206 cm³/mol. The van der Waals surface area contributed by atoms with Crippen LogP contribution in [0.3, 0.4) is 0 Å². The summed E-state index contributed by atoms with van der Waals surface area (Å²) in [5, 5.41) is 12.5. The van der Waals surface area contributed by atoms with Gasteiger partial charge in [-0.2, -0.15) is 0 Å². The Morgan fingerprint density at radius 1 is 0.852 bits per heavy atom. The molecule has 0 bridgehead atoms. The average molecular weight is 728 g/mol. The molecule has 0 spiro atoms. The number of carbonyl (C=O) groups is 3. The van der Waals surface area contributed by atoms with Gasteiger partial charge in [0.15, 0.2) is 0 Å². The van der Waals surface area contributed by atoms with Crippen LogP contribution < -0.4 is 15.0 Å². The van der Waals surface area contributed by atoms with Gasteiger partial charge in [0.2, 0.25) is 11.8 Å². The molecule has 3 amide bonds. The van der Waals surface area contributed by atoms with E-state index in [-0.39, 0.29) is 41.7 Å². The molecular formula is C44H49N5O5. The molecule has 5 heterocycles. The maximum absolute atomic E-state index is 13.1. The molecule has 54 heavy (non-hydrogen) atoms. The first-order valence-corrected chi connectivity index (χ1v) is 19.8. The van der Waals surface area contributed by atoms with Gasteiger partial charge in [-0.05, 0) is 84.6 Å². The number of fused-ring (bicyclic) bond motifs is 2. The molecule has 2 N–H and O–H groups in total. The van der Waals surface area contributed by atoms with Gasteiger partial charge in [0.05, 0.1) is 6.61 Å². The number of imide groups is 1. The van der Waals surface area contributed by atoms with Gasteiger partial charge in [-0.3, -0.25) is 24.6 Å². The van der Waals surface area contributed by atoms with Crippen LogP contribution in [0.2, 0.25) is 0 Å². The number of allylic oxidation sites excluding steroid dienone is 3. The summed E-state index contributed by atoms with van der Waals surface area (Å²) in [7, 11) is 0. The SMILES string of the molecule is O=C1CC[C@H](N2Cc3cc(N4CCN(CC5CCN(C6=CCC([C@@H]7c8ccc(O)cc8OC[C@@H]7c7ccccc7)C=C6)CC5)CC4)ccc3C2=O)C(=O)N1. The first-order chi connectivity index (χ1) is 26.4. The fourth-order valence-electron chi connectivity index (χ4n) is 9.77. The van der Waals surface area contributed by atoms with E-state index in [9.17, 15) is 19.5 Å². The molecule has 10 heteroatoms. The van der Waals surface area contributed by atoms with Crippen LogP contribution in [0.5, 0.6) is 11.5 Å². The number of phenolic OH excluding ortho intramolecular Hbond substituents is 1. The fraction of sp³-hybridized carbons (Fsp3) is 0.432. The third-order valence-corrected chi connectivity index (χ3v) is 12.8. The highest BCUT2D eigenvalue weighted by Crippen LogP contribution is 2.49. The Hall–Kier alpha value is -5.09. The highest BCUT2D eigenvalue weighted by molar-refractivity contribution is 6.05. The Labute approximate surface area is 317 Å². The number of piperidine rings is 2. The molecule has 5 aliphatic heterocycles. The number of aromatic hydroxyl groups is 1. The molecule has 3 aromatic carbocycles. The van der Waals surface area contributed by atoms with Crippen LogP contribution in [0.25, 0.3) is 0 Å². The summed E-state index contributed by atoms with van der Waals surface area (Å²) >= 11 is 0. The number of nitrogens with zero attached hydrogens (tertiary/aromatic N) is 4. The van der Waals surface area contributed by atoms with Crippen molar-refractivity contribution in [2.24, 2.45) is 11.8 Å². The topological polar surface area (TPSA) is 106 Å². The summed E-state index contributed by atoms with van der Waals surface area (Å²) in [4.78, 5) is 46.5. The molecule has 3 aromatic rings. The van der Waals surface area contributed by atoms with Crippen molar-refractivity contribution < 1.29 is 24.2 Å². The maximum atomic E-state index is 13.1. The number of nitrogens with one attached hydrogen (secondary N) is 1. The van der Waals surface area contributed by atoms with E-state index in [4.69, 9.17) is 4.74 Å². The molecular weight excluding hydrogens is 679 g/mol. The van der Waals surface area contributed by atoms with E-state index in [1.807, 2.05) is 12.1 Å². The molecule has 9 rings (SSSR count). The molecule has 0 radical (unpaired) electrons. The predicted octanol–water partition coefficient (Wildman–Crippen LogP) is 5.41. The lowest BCUT2D eigenvalue weighted by Gasteiger charge is -2.41. The number of anilines is 1. The molecule has 10 nitrogen and oxygen atoms in total. The van der Waals surface area contributed by atoms with Crippen LogP contribution in [0.15, 0.2) is 90.7 Å². The lowest BCUT2D eigenvalue weighted by atomic mass is 9.70. The van der Waals surface area contributed by atoms with Gasteiger partial charge in [-0.15, -0.1) is 0 Å². The molecule has 4 atom stereocenters. The van der Waals surface area contributed by atoms with E-state index in [0.29, 0.717) is 37.0 Å². The Balaban J connectivity index is 0.761. The van der Waals surface area contributed by atoms with Gasteiger partial charge in [0, 0.05) is 93.6 Å². The molecule has 280 valence electrons. The number of hydrogen-bond acceptors (Lipinski definition) is 8. The van der Waals surface area contributed by atoms with Crippen molar-refractivity contribution in [3.63, 3.8) is 0 Å². The number of amides is 3. The molecule has 6 aliphatic rings. The van der Waals surface area contributed by atoms with E-state index in [1.165, 1.54) is 29.7 Å². The summed E-state index contributed by atoms with van der Waals surface area (Å²) in [5.74, 6) is 1.87. The van der Waals surface area contributed by atoms with Crippen LogP contribution in [-0.4, -0.2) is 96.0 Å². The van der Waals surface area contributed by atoms with Gasteiger partial charge in [-0.1, -0.05) is 48.6 Å². The van der Waals surface area contributed by atoms with Crippen LogP contribution >= 0.6 is 0 Å². The van der Waals surface area contributed by atoms with Crippen molar-refractivity contribution in [3.8, 4) is 11.5 Å². The first kappa shape index (κ1) is 34.7. The Bertz CT molecular complexity index is 1980. The van der Waals surface area contributed by atoms with E-state index in [1.54, 1.807) is 17.0 Å². The Kier molecular flexibility index (Phi) is 9.39. The van der Waals surface area contributed by atoms with Crippen molar-refractivity contribution in [2.45, 2.75) is 56.5 Å². The highest BCUT2D eigenvalue weighted by atomic mass is 16.5. The minimum Gasteiger partial charge on any atom is -0.508 e. The van der Waals surface area contributed by atoms with E-state index in [2.05, 4.69) is 80.7 Å². The minimum atomic E-state index is -0.587. The molecule has 1 unspecified atom stereocenters. The zero-order valence-corrected chi connectivity index (χ0v) is 30.7. The lowest BCUT2D eigenvalue weighted by Crippen LogP contribution is -2.52. The van der Waals surface area contributed by atoms with E-state index in [0.717, 1.165) is 69.2 Å². The molecule has 0 saturated carbocycles. The summed E-state index contributed by atoms with van der Waals surface area (Å²) in [6, 6.07) is 21.8. The minimum absolute atomic E-state index is 0.123. The summed E-state index contributed by atoms with van der Waals surface area (Å²) in [6.07, 6.45) is 11.3. The molecule has 3 fully saturated rings. The van der Waals surface area contributed by atoms with Gasteiger partial charge in [0.25, 0.3) is 5.91 Å².